The third-order valence-electron chi connectivity index (χ3n) is 11.7. The lowest BCUT2D eigenvalue weighted by atomic mass is 9.93. The van der Waals surface area contributed by atoms with Gasteiger partial charge in [-0.15, -0.1) is 0 Å². The number of benzene rings is 1. The third kappa shape index (κ3) is 9.02. The van der Waals surface area contributed by atoms with E-state index in [-0.39, 0.29) is 30.8 Å². The van der Waals surface area contributed by atoms with Crippen LogP contribution in [0.5, 0.6) is 0 Å². The Morgan fingerprint density at radius 2 is 1.64 bits per heavy atom. The van der Waals surface area contributed by atoms with Gasteiger partial charge in [-0.05, 0) is 81.0 Å². The summed E-state index contributed by atoms with van der Waals surface area (Å²) in [5, 5.41) is 7.25. The second-order valence-electron chi connectivity index (χ2n) is 15.4. The van der Waals surface area contributed by atoms with E-state index in [1.165, 1.54) is 11.3 Å². The number of amides is 3. The van der Waals surface area contributed by atoms with Gasteiger partial charge in [-0.2, -0.15) is 4.98 Å². The molecule has 15 heteroatoms. The molecule has 0 radical (unpaired) electrons. The molecule has 0 unspecified atom stereocenters. The highest BCUT2D eigenvalue weighted by atomic mass is 35.5. The summed E-state index contributed by atoms with van der Waals surface area (Å²) in [6.07, 6.45) is 12.5. The van der Waals surface area contributed by atoms with E-state index in [0.29, 0.717) is 34.1 Å². The first-order valence-corrected chi connectivity index (χ1v) is 20.4. The number of hydrogen-bond acceptors (Lipinski definition) is 10. The van der Waals surface area contributed by atoms with E-state index in [9.17, 15) is 14.4 Å². The first-order chi connectivity index (χ1) is 27.2. The maximum absolute atomic E-state index is 13.1. The Morgan fingerprint density at radius 3 is 2.30 bits per heavy atom. The van der Waals surface area contributed by atoms with Crippen LogP contribution < -0.4 is 25.3 Å². The van der Waals surface area contributed by atoms with E-state index in [0.717, 1.165) is 113 Å². The van der Waals surface area contributed by atoms with Gasteiger partial charge in [-0.3, -0.25) is 19.3 Å². The molecular weight excluding hydrogens is 730 g/mol. The highest BCUT2D eigenvalue weighted by molar-refractivity contribution is 6.34. The molecule has 4 aromatic rings. The van der Waals surface area contributed by atoms with E-state index >= 15 is 0 Å². The van der Waals surface area contributed by atoms with Gasteiger partial charge >= 0.3 is 0 Å². The van der Waals surface area contributed by atoms with E-state index in [1.54, 1.807) is 32.2 Å². The van der Waals surface area contributed by atoms with Crippen molar-refractivity contribution in [2.45, 2.75) is 57.4 Å². The average molecular weight is 784 g/mol. The van der Waals surface area contributed by atoms with E-state index in [2.05, 4.69) is 41.0 Å². The van der Waals surface area contributed by atoms with Gasteiger partial charge in [0.15, 0.2) is 0 Å². The van der Waals surface area contributed by atoms with Gasteiger partial charge in [0.05, 0.1) is 22.6 Å². The predicted octanol–water partition coefficient (Wildman–Crippen LogP) is 5.57. The Balaban J connectivity index is 0.863. The molecule has 3 amide bonds. The largest absolute Gasteiger partial charge is 0.371 e. The molecule has 14 nitrogen and oxygen atoms in total. The molecule has 2 N–H and O–H groups in total. The monoisotopic (exact) mass is 783 g/mol. The second kappa shape index (κ2) is 17.9. The van der Waals surface area contributed by atoms with Gasteiger partial charge in [0.25, 0.3) is 5.91 Å². The molecule has 2 saturated heterocycles. The molecule has 3 aliphatic rings. The molecule has 1 aromatic carbocycles. The van der Waals surface area contributed by atoms with Crippen molar-refractivity contribution in [2.24, 2.45) is 5.92 Å². The number of hydrogen-bond donors (Lipinski definition) is 2. The first-order valence-electron chi connectivity index (χ1n) is 20.0. The van der Waals surface area contributed by atoms with Crippen LogP contribution in [0.2, 0.25) is 5.02 Å². The number of pyridine rings is 1. The minimum Gasteiger partial charge on any atom is -0.371 e. The van der Waals surface area contributed by atoms with Crippen LogP contribution >= 0.6 is 11.6 Å². The SMILES string of the molecule is CNC(=O)CCN(C=O)c1ccc(N2CCC(CCN3CCN(c4ccc(Nc5ncc6cc(C(=O)N(C)C)n(C7CCCC7)c6n5)nc4)CC3)CC2)cc1Cl. The smallest absolute Gasteiger partial charge is 0.270 e. The number of fused-ring (bicyclic) bond motifs is 1. The molecule has 0 atom stereocenters. The fourth-order valence-corrected chi connectivity index (χ4v) is 8.62. The summed E-state index contributed by atoms with van der Waals surface area (Å²) < 4.78 is 2.13. The van der Waals surface area contributed by atoms with Crippen LogP contribution in [0.1, 0.15) is 67.9 Å². The molecule has 0 bridgehead atoms. The maximum Gasteiger partial charge on any atom is 0.270 e. The molecular formula is C41H54ClN11O3. The van der Waals surface area contributed by atoms with Crippen molar-refractivity contribution in [3.8, 4) is 0 Å². The lowest BCUT2D eigenvalue weighted by molar-refractivity contribution is -0.120. The van der Waals surface area contributed by atoms with Gasteiger partial charge in [-0.1, -0.05) is 24.4 Å². The second-order valence-corrected chi connectivity index (χ2v) is 15.8. The molecule has 3 fully saturated rings. The van der Waals surface area contributed by atoms with Crippen molar-refractivity contribution in [2.75, 3.05) is 93.5 Å². The van der Waals surface area contributed by atoms with Crippen LogP contribution in [-0.2, 0) is 9.59 Å². The normalized spacial score (nSPS) is 17.0. The van der Waals surface area contributed by atoms with Gasteiger partial charge in [0.1, 0.15) is 17.2 Å². The molecule has 56 heavy (non-hydrogen) atoms. The summed E-state index contributed by atoms with van der Waals surface area (Å²) in [5.41, 5.74) is 4.25. The standard InChI is InChI=1S/C41H54ClN11O3/c1-43-38(55)15-19-52(28-54)35-10-8-32(25-34(35)42)50-17-13-29(14-18-50)12-16-49-20-22-51(23-21-49)33-9-11-37(44-27-33)46-41-45-26-30-24-36(40(56)48(2)3)53(39(30)47-41)31-6-4-5-7-31/h8-11,24-29,31H,4-7,12-23H2,1-3H3,(H,43,55)(H,44,45,46,47). The summed E-state index contributed by atoms with van der Waals surface area (Å²) in [4.78, 5) is 61.0. The topological polar surface area (TPSA) is 135 Å². The molecule has 1 aliphatic carbocycles. The van der Waals surface area contributed by atoms with Crippen LogP contribution in [0.25, 0.3) is 11.0 Å². The summed E-state index contributed by atoms with van der Waals surface area (Å²) in [6, 6.07) is 12.1. The van der Waals surface area contributed by atoms with E-state index < -0.39 is 0 Å². The first kappa shape index (κ1) is 39.3. The Morgan fingerprint density at radius 1 is 0.911 bits per heavy atom. The molecule has 0 spiro atoms. The van der Waals surface area contributed by atoms with Gasteiger partial charge in [0.2, 0.25) is 18.3 Å². The molecule has 5 heterocycles. The summed E-state index contributed by atoms with van der Waals surface area (Å²) in [7, 11) is 5.15. The Labute approximate surface area is 334 Å². The number of carbonyl (C=O) groups is 3. The number of nitrogens with one attached hydrogen (secondary N) is 2. The lowest BCUT2D eigenvalue weighted by Crippen LogP contribution is -2.47. The highest BCUT2D eigenvalue weighted by Crippen LogP contribution is 2.36. The number of aromatic nitrogens is 4. The molecule has 1 saturated carbocycles. The lowest BCUT2D eigenvalue weighted by Gasteiger charge is -2.38. The number of nitrogens with zero attached hydrogens (tertiary/aromatic N) is 9. The van der Waals surface area contributed by atoms with Gasteiger partial charge in [0, 0.05) is 96.7 Å². The Kier molecular flexibility index (Phi) is 12.5. The number of anilines is 5. The molecule has 7 rings (SSSR count). The minimum atomic E-state index is -0.119. The third-order valence-corrected chi connectivity index (χ3v) is 12.0. The number of halogens is 1. The number of piperidine rings is 1. The predicted molar refractivity (Wildman–Crippen MR) is 222 cm³/mol. The van der Waals surface area contributed by atoms with Crippen LogP contribution in [0.3, 0.4) is 0 Å². The fraction of sp³-hybridized carbons (Fsp3) is 0.512. The maximum atomic E-state index is 13.1. The van der Waals surface area contributed by atoms with E-state index in [4.69, 9.17) is 21.6 Å². The summed E-state index contributed by atoms with van der Waals surface area (Å²) in [6.45, 7) is 7.32. The quantitative estimate of drug-likeness (QED) is 0.157. The van der Waals surface area contributed by atoms with Crippen LogP contribution in [0.4, 0.5) is 28.8 Å². The Bertz CT molecular complexity index is 1980. The van der Waals surface area contributed by atoms with Gasteiger partial charge < -0.3 is 34.8 Å². The zero-order chi connectivity index (χ0) is 39.2. The van der Waals surface area contributed by atoms with Crippen molar-refractivity contribution >= 4 is 69.7 Å². The highest BCUT2D eigenvalue weighted by Gasteiger charge is 2.27. The molecule has 2 aliphatic heterocycles. The van der Waals surface area contributed by atoms with Crippen LogP contribution in [0.15, 0.2) is 48.8 Å². The fourth-order valence-electron chi connectivity index (χ4n) is 8.33. The van der Waals surface area contributed by atoms with Crippen molar-refractivity contribution < 1.29 is 14.4 Å². The minimum absolute atomic E-state index is 0.0198. The zero-order valence-electron chi connectivity index (χ0n) is 32.8. The van der Waals surface area contributed by atoms with Gasteiger partial charge in [-0.25, -0.2) is 9.97 Å². The summed E-state index contributed by atoms with van der Waals surface area (Å²) in [5.74, 6) is 1.70. The van der Waals surface area contributed by atoms with Crippen molar-refractivity contribution in [3.05, 3.63) is 59.5 Å². The summed E-state index contributed by atoms with van der Waals surface area (Å²) >= 11 is 6.62. The number of piperazine rings is 1. The Hall–Kier alpha value is -4.95. The van der Waals surface area contributed by atoms with Crippen molar-refractivity contribution in [3.63, 3.8) is 0 Å². The number of rotatable bonds is 14. The van der Waals surface area contributed by atoms with Crippen molar-refractivity contribution in [1.29, 1.82) is 0 Å². The van der Waals surface area contributed by atoms with Crippen LogP contribution in [0, 0.1) is 5.92 Å². The molecule has 3 aromatic heterocycles. The number of carbonyl (C=O) groups excluding carboxylic acids is 3. The van der Waals surface area contributed by atoms with Crippen molar-refractivity contribution in [1.82, 2.24) is 34.6 Å². The van der Waals surface area contributed by atoms with E-state index in [1.807, 2.05) is 36.5 Å². The molecule has 298 valence electrons. The average Bonchev–Trinajstić information content (AvgIpc) is 3.89. The van der Waals surface area contributed by atoms with Crippen LogP contribution in [-0.4, -0.2) is 121 Å². The zero-order valence-corrected chi connectivity index (χ0v) is 33.5.